The van der Waals surface area contributed by atoms with Crippen LogP contribution in [0.15, 0.2) is 28.7 Å². The first-order valence-corrected chi connectivity index (χ1v) is 4.72. The molecule has 7 heteroatoms. The van der Waals surface area contributed by atoms with Crippen molar-refractivity contribution in [2.75, 3.05) is 5.32 Å². The number of halogens is 3. The Bertz CT molecular complexity index is 586. The van der Waals surface area contributed by atoms with Gasteiger partial charge in [0.05, 0.1) is 0 Å². The van der Waals surface area contributed by atoms with Crippen LogP contribution >= 0.6 is 0 Å². The minimum absolute atomic E-state index is 0.170. The second-order valence-electron chi connectivity index (χ2n) is 3.34. The first kappa shape index (κ1) is 12.0. The van der Waals surface area contributed by atoms with Crippen molar-refractivity contribution in [3.8, 4) is 0 Å². The van der Waals surface area contributed by atoms with E-state index < -0.39 is 29.1 Å². The van der Waals surface area contributed by atoms with E-state index in [1.807, 2.05) is 0 Å². The van der Waals surface area contributed by atoms with Gasteiger partial charge in [-0.05, 0) is 6.07 Å². The molecule has 2 rings (SSSR count). The Morgan fingerprint density at radius 3 is 2.28 bits per heavy atom. The zero-order valence-electron chi connectivity index (χ0n) is 8.71. The molecule has 0 aliphatic heterocycles. The molecule has 0 atom stereocenters. The summed E-state index contributed by atoms with van der Waals surface area (Å²) in [6, 6.07) is 3.29. The van der Waals surface area contributed by atoms with Gasteiger partial charge in [-0.3, -0.25) is 0 Å². The number of carboxylic acid groups (broad SMARTS) is 1. The Balaban J connectivity index is 2.31. The van der Waals surface area contributed by atoms with Crippen molar-refractivity contribution in [2.45, 2.75) is 0 Å². The highest BCUT2D eigenvalue weighted by molar-refractivity contribution is 5.85. The molecule has 4 nitrogen and oxygen atoms in total. The summed E-state index contributed by atoms with van der Waals surface area (Å²) in [6.45, 7) is 0. The minimum Gasteiger partial charge on any atom is -0.475 e. The molecule has 0 aliphatic rings. The highest BCUT2D eigenvalue weighted by Gasteiger charge is 2.14. The van der Waals surface area contributed by atoms with Crippen LogP contribution in [-0.2, 0) is 0 Å². The Morgan fingerprint density at radius 1 is 1.17 bits per heavy atom. The SMILES string of the molecule is O=C(O)c1ccc(Nc2c(F)cc(F)cc2F)o1. The predicted molar refractivity (Wildman–Crippen MR) is 55.3 cm³/mol. The number of nitrogens with one attached hydrogen (secondary N) is 1. The zero-order chi connectivity index (χ0) is 13.3. The van der Waals surface area contributed by atoms with Crippen LogP contribution in [-0.4, -0.2) is 11.1 Å². The van der Waals surface area contributed by atoms with E-state index in [9.17, 15) is 18.0 Å². The van der Waals surface area contributed by atoms with Gasteiger partial charge in [0.1, 0.15) is 11.5 Å². The lowest BCUT2D eigenvalue weighted by Crippen LogP contribution is -1.98. The monoisotopic (exact) mass is 257 g/mol. The van der Waals surface area contributed by atoms with Gasteiger partial charge in [0.15, 0.2) is 17.5 Å². The van der Waals surface area contributed by atoms with Crippen molar-refractivity contribution < 1.29 is 27.5 Å². The highest BCUT2D eigenvalue weighted by atomic mass is 19.1. The van der Waals surface area contributed by atoms with Gasteiger partial charge in [-0.2, -0.15) is 0 Å². The Morgan fingerprint density at radius 2 is 1.78 bits per heavy atom. The Hall–Kier alpha value is -2.44. The average molecular weight is 257 g/mol. The van der Waals surface area contributed by atoms with Gasteiger partial charge in [0.25, 0.3) is 0 Å². The Labute approximate surface area is 98.6 Å². The first-order chi connectivity index (χ1) is 8.47. The zero-order valence-corrected chi connectivity index (χ0v) is 8.71. The van der Waals surface area contributed by atoms with Gasteiger partial charge in [0, 0.05) is 18.2 Å². The van der Waals surface area contributed by atoms with Crippen LogP contribution in [0.4, 0.5) is 24.7 Å². The van der Waals surface area contributed by atoms with Crippen LogP contribution < -0.4 is 5.32 Å². The van der Waals surface area contributed by atoms with Crippen molar-refractivity contribution in [2.24, 2.45) is 0 Å². The number of benzene rings is 1. The molecule has 0 saturated carbocycles. The van der Waals surface area contributed by atoms with E-state index in [-0.39, 0.29) is 11.6 Å². The quantitative estimate of drug-likeness (QED) is 0.886. The summed E-state index contributed by atoms with van der Waals surface area (Å²) in [5, 5.41) is 10.8. The third kappa shape index (κ3) is 2.29. The molecule has 18 heavy (non-hydrogen) atoms. The highest BCUT2D eigenvalue weighted by Crippen LogP contribution is 2.25. The molecular weight excluding hydrogens is 251 g/mol. The lowest BCUT2D eigenvalue weighted by atomic mass is 10.3. The molecular formula is C11H6F3NO3. The fourth-order valence-electron chi connectivity index (χ4n) is 1.30. The molecule has 0 radical (unpaired) electrons. The van der Waals surface area contributed by atoms with Crippen LogP contribution in [0.25, 0.3) is 0 Å². The number of hydrogen-bond donors (Lipinski definition) is 2. The molecule has 0 unspecified atom stereocenters. The van der Waals surface area contributed by atoms with Gasteiger partial charge < -0.3 is 14.8 Å². The number of anilines is 2. The third-order valence-corrected chi connectivity index (χ3v) is 2.07. The molecule has 94 valence electrons. The molecule has 0 aliphatic carbocycles. The van der Waals surface area contributed by atoms with E-state index in [0.717, 1.165) is 6.07 Å². The van der Waals surface area contributed by atoms with Gasteiger partial charge in [-0.15, -0.1) is 0 Å². The number of rotatable bonds is 3. The molecule has 0 spiro atoms. The lowest BCUT2D eigenvalue weighted by Gasteiger charge is -2.05. The van der Waals surface area contributed by atoms with Crippen LogP contribution in [0.5, 0.6) is 0 Å². The maximum atomic E-state index is 13.3. The maximum absolute atomic E-state index is 13.3. The smallest absolute Gasteiger partial charge is 0.371 e. The fourth-order valence-corrected chi connectivity index (χ4v) is 1.30. The molecule has 0 saturated heterocycles. The van der Waals surface area contributed by atoms with E-state index in [4.69, 9.17) is 9.52 Å². The summed E-state index contributed by atoms with van der Waals surface area (Å²) in [5.74, 6) is -5.23. The maximum Gasteiger partial charge on any atom is 0.371 e. The van der Waals surface area contributed by atoms with Crippen LogP contribution in [0.1, 0.15) is 10.6 Å². The van der Waals surface area contributed by atoms with Gasteiger partial charge in [0.2, 0.25) is 5.76 Å². The van der Waals surface area contributed by atoms with Crippen molar-refractivity contribution in [3.05, 3.63) is 47.5 Å². The van der Waals surface area contributed by atoms with E-state index in [1.165, 1.54) is 6.07 Å². The van der Waals surface area contributed by atoms with E-state index in [0.29, 0.717) is 12.1 Å². The predicted octanol–water partition coefficient (Wildman–Crippen LogP) is 3.14. The standard InChI is InChI=1S/C11H6F3NO3/c12-5-3-6(13)10(7(14)4-5)15-9-2-1-8(18-9)11(16)17/h1-4,15H,(H,16,17). The molecule has 0 amide bonds. The summed E-state index contributed by atoms with van der Waals surface area (Å²) in [6.07, 6.45) is 0. The van der Waals surface area contributed by atoms with Gasteiger partial charge in [-0.25, -0.2) is 18.0 Å². The average Bonchev–Trinajstić information content (AvgIpc) is 2.71. The van der Waals surface area contributed by atoms with E-state index in [1.54, 1.807) is 0 Å². The third-order valence-electron chi connectivity index (χ3n) is 2.07. The van der Waals surface area contributed by atoms with Gasteiger partial charge >= 0.3 is 5.97 Å². The van der Waals surface area contributed by atoms with Crippen molar-refractivity contribution >= 4 is 17.5 Å². The van der Waals surface area contributed by atoms with Crippen LogP contribution in [0.3, 0.4) is 0 Å². The summed E-state index contributed by atoms with van der Waals surface area (Å²) in [7, 11) is 0. The number of carboxylic acids is 1. The molecule has 0 fully saturated rings. The van der Waals surface area contributed by atoms with Crippen LogP contribution in [0, 0.1) is 17.5 Å². The Kier molecular flexibility index (Phi) is 2.97. The molecule has 2 aromatic rings. The second kappa shape index (κ2) is 4.44. The number of hydrogen-bond acceptors (Lipinski definition) is 3. The van der Waals surface area contributed by atoms with Crippen LogP contribution in [0.2, 0.25) is 0 Å². The normalized spacial score (nSPS) is 10.4. The molecule has 1 aromatic heterocycles. The summed E-state index contributed by atoms with van der Waals surface area (Å²) in [5.41, 5.74) is -0.623. The molecule has 2 N–H and O–H groups in total. The summed E-state index contributed by atoms with van der Waals surface area (Å²) in [4.78, 5) is 10.5. The van der Waals surface area contributed by atoms with E-state index >= 15 is 0 Å². The molecule has 1 aromatic carbocycles. The molecule has 1 heterocycles. The topological polar surface area (TPSA) is 62.5 Å². The summed E-state index contributed by atoms with van der Waals surface area (Å²) >= 11 is 0. The largest absolute Gasteiger partial charge is 0.475 e. The first-order valence-electron chi connectivity index (χ1n) is 4.72. The van der Waals surface area contributed by atoms with Crippen molar-refractivity contribution in [3.63, 3.8) is 0 Å². The second-order valence-corrected chi connectivity index (χ2v) is 3.34. The number of aromatic carboxylic acids is 1. The van der Waals surface area contributed by atoms with E-state index in [2.05, 4.69) is 5.32 Å². The minimum atomic E-state index is -1.32. The fraction of sp³-hybridized carbons (Fsp3) is 0. The lowest BCUT2D eigenvalue weighted by molar-refractivity contribution is 0.0663. The van der Waals surface area contributed by atoms with Gasteiger partial charge in [-0.1, -0.05) is 0 Å². The van der Waals surface area contributed by atoms with Crippen molar-refractivity contribution in [1.82, 2.24) is 0 Å². The summed E-state index contributed by atoms with van der Waals surface area (Å²) < 4.78 is 43.9. The number of furan rings is 1. The number of carbonyl (C=O) groups is 1. The van der Waals surface area contributed by atoms with Crippen molar-refractivity contribution in [1.29, 1.82) is 0 Å². The molecule has 0 bridgehead atoms.